The fraction of sp³-hybridized carbons (Fsp3) is 0.286. The summed E-state index contributed by atoms with van der Waals surface area (Å²) in [5.41, 5.74) is 10.1. The van der Waals surface area contributed by atoms with E-state index in [0.29, 0.717) is 0 Å². The lowest BCUT2D eigenvalue weighted by atomic mass is 10.0. The molecule has 1 atom stereocenters. The lowest BCUT2D eigenvalue weighted by Crippen LogP contribution is -2.15. The van der Waals surface area contributed by atoms with E-state index in [1.54, 1.807) is 12.4 Å². The molecule has 0 amide bonds. The lowest BCUT2D eigenvalue weighted by Gasteiger charge is -2.14. The molecule has 0 radical (unpaired) electrons. The number of fused-ring (bicyclic) bond motifs is 1. The topological polar surface area (TPSA) is 61.0 Å². The largest absolute Gasteiger partial charge is 0.493 e. The molecule has 2 aromatic rings. The van der Waals surface area contributed by atoms with Crippen molar-refractivity contribution in [3.05, 3.63) is 53.1 Å². The number of para-hydroxylation sites is 1. The van der Waals surface area contributed by atoms with Crippen LogP contribution >= 0.6 is 0 Å². The Morgan fingerprint density at radius 2 is 2.17 bits per heavy atom. The minimum Gasteiger partial charge on any atom is -0.493 e. The molecule has 1 aliphatic heterocycles. The van der Waals surface area contributed by atoms with Gasteiger partial charge >= 0.3 is 0 Å². The van der Waals surface area contributed by atoms with E-state index in [9.17, 15) is 0 Å². The van der Waals surface area contributed by atoms with E-state index in [-0.39, 0.29) is 6.04 Å². The first-order valence-electron chi connectivity index (χ1n) is 6.04. The third kappa shape index (κ3) is 1.84. The van der Waals surface area contributed by atoms with Crippen molar-refractivity contribution in [2.45, 2.75) is 19.4 Å². The van der Waals surface area contributed by atoms with Gasteiger partial charge in [0.2, 0.25) is 0 Å². The first kappa shape index (κ1) is 11.2. The van der Waals surface area contributed by atoms with Crippen LogP contribution in [0.3, 0.4) is 0 Å². The number of hydrogen-bond acceptors (Lipinski definition) is 4. The molecular weight excluding hydrogens is 226 g/mol. The van der Waals surface area contributed by atoms with E-state index in [0.717, 1.165) is 35.7 Å². The molecule has 1 aliphatic rings. The molecule has 1 unspecified atom stereocenters. The average Bonchev–Trinajstić information content (AvgIpc) is 2.87. The van der Waals surface area contributed by atoms with Gasteiger partial charge in [0.1, 0.15) is 5.75 Å². The van der Waals surface area contributed by atoms with Gasteiger partial charge in [-0.25, -0.2) is 0 Å². The zero-order valence-electron chi connectivity index (χ0n) is 10.3. The molecule has 2 heterocycles. The summed E-state index contributed by atoms with van der Waals surface area (Å²) in [6, 6.07) is 5.81. The second-order valence-corrected chi connectivity index (χ2v) is 4.49. The Labute approximate surface area is 106 Å². The summed E-state index contributed by atoms with van der Waals surface area (Å²) >= 11 is 0. The Bertz CT molecular complexity index is 566. The molecule has 4 heteroatoms. The van der Waals surface area contributed by atoms with Crippen LogP contribution in [0.5, 0.6) is 5.75 Å². The predicted molar refractivity (Wildman–Crippen MR) is 68.4 cm³/mol. The summed E-state index contributed by atoms with van der Waals surface area (Å²) in [7, 11) is 0. The monoisotopic (exact) mass is 241 g/mol. The van der Waals surface area contributed by atoms with Crippen molar-refractivity contribution >= 4 is 0 Å². The second-order valence-electron chi connectivity index (χ2n) is 4.49. The summed E-state index contributed by atoms with van der Waals surface area (Å²) in [5, 5.41) is 0. The maximum absolute atomic E-state index is 6.26. The smallest absolute Gasteiger partial charge is 0.127 e. The minimum absolute atomic E-state index is 0.286. The van der Waals surface area contributed by atoms with Gasteiger partial charge in [-0.1, -0.05) is 18.2 Å². The quantitative estimate of drug-likeness (QED) is 0.870. The first-order valence-corrected chi connectivity index (χ1v) is 6.04. The van der Waals surface area contributed by atoms with Crippen molar-refractivity contribution in [3.63, 3.8) is 0 Å². The number of nitrogens with zero attached hydrogens (tertiary/aromatic N) is 2. The van der Waals surface area contributed by atoms with E-state index in [1.807, 2.05) is 19.1 Å². The van der Waals surface area contributed by atoms with Crippen molar-refractivity contribution in [3.8, 4) is 5.75 Å². The number of ether oxygens (including phenoxy) is 1. The van der Waals surface area contributed by atoms with Crippen molar-refractivity contribution in [1.29, 1.82) is 0 Å². The highest BCUT2D eigenvalue weighted by molar-refractivity contribution is 5.47. The summed E-state index contributed by atoms with van der Waals surface area (Å²) in [6.07, 6.45) is 4.42. The van der Waals surface area contributed by atoms with Gasteiger partial charge in [0.05, 0.1) is 30.2 Å². The lowest BCUT2D eigenvalue weighted by molar-refractivity contribution is 0.352. The molecule has 0 saturated carbocycles. The molecule has 0 aliphatic carbocycles. The van der Waals surface area contributed by atoms with Gasteiger partial charge < -0.3 is 10.5 Å². The molecule has 0 bridgehead atoms. The van der Waals surface area contributed by atoms with Crippen LogP contribution in [0, 0.1) is 6.92 Å². The number of rotatable bonds is 2. The SMILES string of the molecule is Cc1cnc(C(N)c2cccc3c2OCC3)cn1. The molecule has 0 fully saturated rings. The molecule has 92 valence electrons. The average molecular weight is 241 g/mol. The Hall–Kier alpha value is -1.94. The van der Waals surface area contributed by atoms with Crippen LogP contribution in [-0.4, -0.2) is 16.6 Å². The number of benzene rings is 1. The van der Waals surface area contributed by atoms with Crippen molar-refractivity contribution in [2.24, 2.45) is 5.73 Å². The number of aryl methyl sites for hydroxylation is 1. The summed E-state index contributed by atoms with van der Waals surface area (Å²) in [6.45, 7) is 2.64. The van der Waals surface area contributed by atoms with Gasteiger partial charge in [-0.2, -0.15) is 0 Å². The van der Waals surface area contributed by atoms with Gasteiger partial charge in [0.25, 0.3) is 0 Å². The molecule has 4 nitrogen and oxygen atoms in total. The second kappa shape index (κ2) is 4.38. The van der Waals surface area contributed by atoms with E-state index in [4.69, 9.17) is 10.5 Å². The Morgan fingerprint density at radius 1 is 1.28 bits per heavy atom. The standard InChI is InChI=1S/C14H15N3O/c1-9-7-17-12(8-16-9)13(15)11-4-2-3-10-5-6-18-14(10)11/h2-4,7-8,13H,5-6,15H2,1H3. The normalized spacial score (nSPS) is 15.0. The highest BCUT2D eigenvalue weighted by Crippen LogP contribution is 2.34. The molecule has 0 saturated heterocycles. The van der Waals surface area contributed by atoms with E-state index in [2.05, 4.69) is 16.0 Å². The molecule has 1 aromatic carbocycles. The minimum atomic E-state index is -0.286. The first-order chi connectivity index (χ1) is 8.75. The highest BCUT2D eigenvalue weighted by Gasteiger charge is 2.21. The van der Waals surface area contributed by atoms with Gasteiger partial charge in [-0.15, -0.1) is 0 Å². The molecule has 18 heavy (non-hydrogen) atoms. The number of nitrogens with two attached hydrogens (primary N) is 1. The summed E-state index contributed by atoms with van der Waals surface area (Å²) in [5.74, 6) is 0.923. The fourth-order valence-electron chi connectivity index (χ4n) is 2.21. The van der Waals surface area contributed by atoms with Crippen LogP contribution in [0.25, 0.3) is 0 Å². The zero-order valence-corrected chi connectivity index (χ0v) is 10.3. The fourth-order valence-corrected chi connectivity index (χ4v) is 2.21. The molecule has 3 rings (SSSR count). The highest BCUT2D eigenvalue weighted by atomic mass is 16.5. The number of hydrogen-bond donors (Lipinski definition) is 1. The van der Waals surface area contributed by atoms with E-state index < -0.39 is 0 Å². The molecule has 1 aromatic heterocycles. The van der Waals surface area contributed by atoms with Crippen molar-refractivity contribution < 1.29 is 4.74 Å². The Kier molecular flexibility index (Phi) is 2.72. The van der Waals surface area contributed by atoms with Gasteiger partial charge in [-0.3, -0.25) is 9.97 Å². The summed E-state index contributed by atoms with van der Waals surface area (Å²) < 4.78 is 5.67. The third-order valence-corrected chi connectivity index (χ3v) is 3.20. The third-order valence-electron chi connectivity index (χ3n) is 3.20. The maximum atomic E-state index is 6.26. The van der Waals surface area contributed by atoms with Crippen LogP contribution in [0.1, 0.15) is 28.6 Å². The van der Waals surface area contributed by atoms with E-state index in [1.165, 1.54) is 5.56 Å². The van der Waals surface area contributed by atoms with Crippen LogP contribution < -0.4 is 10.5 Å². The van der Waals surface area contributed by atoms with Crippen LogP contribution in [0.4, 0.5) is 0 Å². The van der Waals surface area contributed by atoms with Crippen molar-refractivity contribution in [1.82, 2.24) is 9.97 Å². The molecule has 2 N–H and O–H groups in total. The maximum Gasteiger partial charge on any atom is 0.127 e. The van der Waals surface area contributed by atoms with Crippen LogP contribution in [0.15, 0.2) is 30.6 Å². The summed E-state index contributed by atoms with van der Waals surface area (Å²) in [4.78, 5) is 8.57. The predicted octanol–water partition coefficient (Wildman–Crippen LogP) is 1.77. The van der Waals surface area contributed by atoms with Crippen molar-refractivity contribution in [2.75, 3.05) is 6.61 Å². The van der Waals surface area contributed by atoms with Crippen LogP contribution in [-0.2, 0) is 6.42 Å². The van der Waals surface area contributed by atoms with Gasteiger partial charge in [0, 0.05) is 18.2 Å². The van der Waals surface area contributed by atoms with E-state index >= 15 is 0 Å². The Morgan fingerprint density at radius 3 is 2.94 bits per heavy atom. The van der Waals surface area contributed by atoms with Gasteiger partial charge in [-0.05, 0) is 12.5 Å². The molecule has 0 spiro atoms. The zero-order chi connectivity index (χ0) is 12.5. The number of aromatic nitrogens is 2. The van der Waals surface area contributed by atoms with Crippen LogP contribution in [0.2, 0.25) is 0 Å². The Balaban J connectivity index is 2.00. The molecular formula is C14H15N3O. The van der Waals surface area contributed by atoms with Gasteiger partial charge in [0.15, 0.2) is 0 Å².